The second kappa shape index (κ2) is 5.68. The summed E-state index contributed by atoms with van der Waals surface area (Å²) in [4.78, 5) is 10.8. The number of rotatable bonds is 5. The number of hydrogen-bond donors (Lipinski definition) is 0. The van der Waals surface area contributed by atoms with E-state index in [1.807, 2.05) is 0 Å². The van der Waals surface area contributed by atoms with E-state index in [-0.39, 0.29) is 12.2 Å². The van der Waals surface area contributed by atoms with Crippen LogP contribution < -0.4 is 0 Å². The molecule has 0 N–H and O–H groups in total. The van der Waals surface area contributed by atoms with Crippen molar-refractivity contribution in [3.8, 4) is 6.07 Å². The molecule has 0 saturated heterocycles. The molecule has 0 aromatic carbocycles. The highest BCUT2D eigenvalue weighted by Crippen LogP contribution is 2.05. The van der Waals surface area contributed by atoms with Gasteiger partial charge in [-0.3, -0.25) is 4.79 Å². The van der Waals surface area contributed by atoms with Crippen molar-refractivity contribution in [1.82, 2.24) is 4.31 Å². The monoisotopic (exact) mass is 234 g/mol. The van der Waals surface area contributed by atoms with Crippen LogP contribution >= 0.6 is 0 Å². The van der Waals surface area contributed by atoms with E-state index < -0.39 is 22.0 Å². The van der Waals surface area contributed by atoms with Crippen LogP contribution in [0.15, 0.2) is 0 Å². The van der Waals surface area contributed by atoms with Crippen molar-refractivity contribution in [3.05, 3.63) is 0 Å². The summed E-state index contributed by atoms with van der Waals surface area (Å²) in [5.41, 5.74) is 0. The topological polar surface area (TPSA) is 87.5 Å². The summed E-state index contributed by atoms with van der Waals surface area (Å²) in [6.07, 6.45) is -0.207. The zero-order chi connectivity index (χ0) is 12.1. The first kappa shape index (κ1) is 13.9. The molecule has 1 unspecified atom stereocenters. The van der Waals surface area contributed by atoms with Gasteiger partial charge in [-0.1, -0.05) is 0 Å². The van der Waals surface area contributed by atoms with Crippen LogP contribution in [0, 0.1) is 11.3 Å². The van der Waals surface area contributed by atoms with Crippen molar-refractivity contribution in [1.29, 1.82) is 5.26 Å². The van der Waals surface area contributed by atoms with Gasteiger partial charge in [0.25, 0.3) is 0 Å². The lowest BCUT2D eigenvalue weighted by atomic mass is 10.4. The maximum Gasteiger partial charge on any atom is 0.306 e. The van der Waals surface area contributed by atoms with Gasteiger partial charge in [0.05, 0.1) is 25.4 Å². The summed E-state index contributed by atoms with van der Waals surface area (Å²) < 4.78 is 28.3. The van der Waals surface area contributed by atoms with E-state index in [2.05, 4.69) is 4.74 Å². The molecule has 0 aliphatic rings. The predicted molar refractivity (Wildman–Crippen MR) is 53.3 cm³/mol. The smallest absolute Gasteiger partial charge is 0.306 e. The van der Waals surface area contributed by atoms with Gasteiger partial charge in [-0.2, -0.15) is 9.57 Å². The van der Waals surface area contributed by atoms with Gasteiger partial charge in [0.2, 0.25) is 10.0 Å². The molecular formula is C8H14N2O4S. The summed E-state index contributed by atoms with van der Waals surface area (Å²) in [6, 6.07) is 1.06. The Labute approximate surface area is 89.5 Å². The van der Waals surface area contributed by atoms with Crippen LogP contribution in [0.4, 0.5) is 0 Å². The first-order valence-electron chi connectivity index (χ1n) is 4.27. The second-order valence-electron chi connectivity index (χ2n) is 2.96. The Morgan fingerprint density at radius 2 is 2.13 bits per heavy atom. The average molecular weight is 234 g/mol. The van der Waals surface area contributed by atoms with E-state index in [4.69, 9.17) is 5.26 Å². The maximum atomic E-state index is 11.5. The van der Waals surface area contributed by atoms with Gasteiger partial charge in [0.15, 0.2) is 0 Å². The molecule has 7 heteroatoms. The van der Waals surface area contributed by atoms with Crippen molar-refractivity contribution in [3.63, 3.8) is 0 Å². The number of nitrogens with zero attached hydrogens (tertiary/aromatic N) is 2. The van der Waals surface area contributed by atoms with Gasteiger partial charge in [-0.05, 0) is 6.92 Å². The van der Waals surface area contributed by atoms with Gasteiger partial charge < -0.3 is 4.74 Å². The Bertz CT molecular complexity index is 357. The van der Waals surface area contributed by atoms with E-state index >= 15 is 0 Å². The van der Waals surface area contributed by atoms with E-state index in [1.165, 1.54) is 21.1 Å². The Kier molecular flexibility index (Phi) is 5.25. The number of nitriles is 1. The third kappa shape index (κ3) is 4.27. The van der Waals surface area contributed by atoms with Crippen LogP contribution in [0.1, 0.15) is 13.3 Å². The van der Waals surface area contributed by atoms with E-state index in [1.54, 1.807) is 6.07 Å². The molecule has 1 atom stereocenters. The molecule has 0 fully saturated rings. The largest absolute Gasteiger partial charge is 0.469 e. The SMILES string of the molecule is COC(=O)CCS(=O)(=O)N(C)C(C)C#N. The number of sulfonamides is 1. The highest BCUT2D eigenvalue weighted by Gasteiger charge is 2.23. The molecule has 0 aromatic heterocycles. The molecule has 0 spiro atoms. The zero-order valence-electron chi connectivity index (χ0n) is 8.93. The molecule has 0 aliphatic carbocycles. The summed E-state index contributed by atoms with van der Waals surface area (Å²) in [6.45, 7) is 1.47. The third-order valence-corrected chi connectivity index (χ3v) is 3.88. The molecule has 6 nitrogen and oxygen atoms in total. The molecule has 0 radical (unpaired) electrons. The molecule has 15 heavy (non-hydrogen) atoms. The lowest BCUT2D eigenvalue weighted by molar-refractivity contribution is -0.140. The van der Waals surface area contributed by atoms with Gasteiger partial charge in [0, 0.05) is 7.05 Å². The fraction of sp³-hybridized carbons (Fsp3) is 0.750. The Balaban J connectivity index is 4.44. The van der Waals surface area contributed by atoms with Gasteiger partial charge in [0.1, 0.15) is 6.04 Å². The number of carbonyl (C=O) groups is 1. The van der Waals surface area contributed by atoms with Crippen molar-refractivity contribution < 1.29 is 17.9 Å². The predicted octanol–water partition coefficient (Wildman–Crippen LogP) is -0.277. The molecular weight excluding hydrogens is 220 g/mol. The Morgan fingerprint density at radius 1 is 1.60 bits per heavy atom. The standard InChI is InChI=1S/C8H14N2O4S/c1-7(6-9)10(2)15(12,13)5-4-8(11)14-3/h7H,4-5H2,1-3H3. The van der Waals surface area contributed by atoms with Gasteiger partial charge in [-0.25, -0.2) is 8.42 Å². The van der Waals surface area contributed by atoms with E-state index in [9.17, 15) is 13.2 Å². The van der Waals surface area contributed by atoms with Crippen LogP contribution in [-0.2, 0) is 19.6 Å². The number of ether oxygens (including phenoxy) is 1. The van der Waals surface area contributed by atoms with E-state index in [0.29, 0.717) is 0 Å². The average Bonchev–Trinajstić information content (AvgIpc) is 2.23. The lowest BCUT2D eigenvalue weighted by Crippen LogP contribution is -2.36. The van der Waals surface area contributed by atoms with Crippen molar-refractivity contribution in [2.45, 2.75) is 19.4 Å². The summed E-state index contributed by atoms with van der Waals surface area (Å²) in [7, 11) is -1.07. The normalized spacial score (nSPS) is 13.3. The van der Waals surface area contributed by atoms with E-state index in [0.717, 1.165) is 4.31 Å². The molecule has 0 amide bonds. The zero-order valence-corrected chi connectivity index (χ0v) is 9.74. The number of methoxy groups -OCH3 is 1. The quantitative estimate of drug-likeness (QED) is 0.611. The first-order valence-corrected chi connectivity index (χ1v) is 5.88. The molecule has 86 valence electrons. The summed E-state index contributed by atoms with van der Waals surface area (Å²) >= 11 is 0. The van der Waals surface area contributed by atoms with Crippen LogP contribution in [0.25, 0.3) is 0 Å². The number of hydrogen-bond acceptors (Lipinski definition) is 5. The first-order chi connectivity index (χ1) is 6.85. The minimum absolute atomic E-state index is 0.207. The molecule has 0 bridgehead atoms. The Hall–Kier alpha value is -1.13. The summed E-state index contributed by atoms with van der Waals surface area (Å²) in [5, 5.41) is 8.54. The van der Waals surface area contributed by atoms with Crippen LogP contribution in [0.2, 0.25) is 0 Å². The fourth-order valence-corrected chi connectivity index (χ4v) is 2.02. The molecule has 0 saturated carbocycles. The maximum absolute atomic E-state index is 11.5. The van der Waals surface area contributed by atoms with Crippen molar-refractivity contribution >= 4 is 16.0 Å². The lowest BCUT2D eigenvalue weighted by Gasteiger charge is -2.18. The van der Waals surface area contributed by atoms with Crippen LogP contribution in [0.5, 0.6) is 0 Å². The Morgan fingerprint density at radius 3 is 2.53 bits per heavy atom. The van der Waals surface area contributed by atoms with Gasteiger partial charge >= 0.3 is 5.97 Å². The third-order valence-electron chi connectivity index (χ3n) is 1.96. The minimum Gasteiger partial charge on any atom is -0.469 e. The molecule has 0 aliphatic heterocycles. The highest BCUT2D eigenvalue weighted by molar-refractivity contribution is 7.89. The summed E-state index contributed by atoms with van der Waals surface area (Å²) in [5.74, 6) is -0.932. The number of esters is 1. The minimum atomic E-state index is -3.57. The fourth-order valence-electron chi connectivity index (χ4n) is 0.781. The molecule has 0 aromatic rings. The van der Waals surface area contributed by atoms with Gasteiger partial charge in [-0.15, -0.1) is 0 Å². The number of carbonyl (C=O) groups excluding carboxylic acids is 1. The van der Waals surface area contributed by atoms with Crippen molar-refractivity contribution in [2.75, 3.05) is 19.9 Å². The highest BCUT2D eigenvalue weighted by atomic mass is 32.2. The van der Waals surface area contributed by atoms with Crippen molar-refractivity contribution in [2.24, 2.45) is 0 Å². The van der Waals surface area contributed by atoms with Crippen LogP contribution in [-0.4, -0.2) is 44.6 Å². The second-order valence-corrected chi connectivity index (χ2v) is 5.11. The molecule has 0 heterocycles. The molecule has 0 rings (SSSR count). The van der Waals surface area contributed by atoms with Crippen LogP contribution in [0.3, 0.4) is 0 Å².